The fourth-order valence-corrected chi connectivity index (χ4v) is 1.42. The summed E-state index contributed by atoms with van der Waals surface area (Å²) in [6, 6.07) is 0.498. The van der Waals surface area contributed by atoms with Crippen LogP contribution in [-0.4, -0.2) is 28.0 Å². The summed E-state index contributed by atoms with van der Waals surface area (Å²) in [4.78, 5) is 17.9. The highest BCUT2D eigenvalue weighted by Gasteiger charge is 2.27. The van der Waals surface area contributed by atoms with Gasteiger partial charge in [0.25, 0.3) is 5.91 Å². The molecule has 0 spiro atoms. The van der Waals surface area contributed by atoms with E-state index in [2.05, 4.69) is 15.3 Å². The van der Waals surface area contributed by atoms with Crippen LogP contribution in [0.2, 0.25) is 0 Å². The van der Waals surface area contributed by atoms with Gasteiger partial charge in [0.05, 0.1) is 12.5 Å². The van der Waals surface area contributed by atoms with Gasteiger partial charge in [-0.15, -0.1) is 0 Å². The van der Waals surface area contributed by atoms with Crippen LogP contribution in [0.15, 0.2) is 12.5 Å². The summed E-state index contributed by atoms with van der Waals surface area (Å²) in [5.74, 6) is -0.102. The summed E-state index contributed by atoms with van der Waals surface area (Å²) < 4.78 is 0. The fraction of sp³-hybridized carbons (Fsp3) is 0.500. The Morgan fingerprint density at radius 2 is 2.46 bits per heavy atom. The maximum Gasteiger partial charge on any atom is 0.269 e. The smallest absolute Gasteiger partial charge is 0.269 e. The Hall–Kier alpha value is -1.36. The van der Waals surface area contributed by atoms with Crippen molar-refractivity contribution in [2.45, 2.75) is 24.9 Å². The van der Waals surface area contributed by atoms with E-state index in [1.165, 1.54) is 12.5 Å². The zero-order valence-electron chi connectivity index (χ0n) is 7.16. The number of rotatable bonds is 2. The number of carbonyl (C=O) groups excluding carboxylic acids is 1. The van der Waals surface area contributed by atoms with E-state index in [9.17, 15) is 4.79 Å². The average molecular weight is 180 g/mol. The highest BCUT2D eigenvalue weighted by atomic mass is 16.2. The summed E-state index contributed by atoms with van der Waals surface area (Å²) in [6.07, 6.45) is 4.75. The van der Waals surface area contributed by atoms with Gasteiger partial charge in [0.2, 0.25) is 0 Å². The van der Waals surface area contributed by atoms with Crippen molar-refractivity contribution in [2.24, 2.45) is 5.73 Å². The van der Waals surface area contributed by atoms with Gasteiger partial charge in [0, 0.05) is 12.1 Å². The summed E-state index contributed by atoms with van der Waals surface area (Å²) >= 11 is 0. The van der Waals surface area contributed by atoms with Gasteiger partial charge in [-0.25, -0.2) is 4.98 Å². The van der Waals surface area contributed by atoms with Crippen LogP contribution in [0.4, 0.5) is 0 Å². The minimum Gasteiger partial charge on any atom is -0.348 e. The average Bonchev–Trinajstić information content (AvgIpc) is 2.53. The number of nitrogens with two attached hydrogens (primary N) is 1. The lowest BCUT2D eigenvalue weighted by Crippen LogP contribution is -2.50. The van der Waals surface area contributed by atoms with E-state index in [4.69, 9.17) is 5.73 Å². The number of imidazole rings is 1. The molecule has 0 saturated heterocycles. The largest absolute Gasteiger partial charge is 0.348 e. The number of amides is 1. The molecule has 1 aliphatic rings. The van der Waals surface area contributed by atoms with Gasteiger partial charge < -0.3 is 16.0 Å². The maximum atomic E-state index is 11.4. The molecule has 1 amide bonds. The first-order valence-electron chi connectivity index (χ1n) is 4.30. The van der Waals surface area contributed by atoms with E-state index < -0.39 is 0 Å². The predicted octanol–water partition coefficient (Wildman–Crippen LogP) is -0.371. The number of aromatic nitrogens is 2. The standard InChI is InChI=1S/C8H12N4O/c9-5-1-6(2-5)12-8(13)7-3-10-4-11-7/h3-6H,1-2,9H2,(H,10,11)(H,12,13). The molecule has 70 valence electrons. The normalized spacial score (nSPS) is 26.5. The van der Waals surface area contributed by atoms with Crippen molar-refractivity contribution in [3.8, 4) is 0 Å². The molecule has 0 unspecified atom stereocenters. The van der Waals surface area contributed by atoms with Gasteiger partial charge in [-0.3, -0.25) is 4.79 Å². The number of hydrogen-bond acceptors (Lipinski definition) is 3. The second-order valence-electron chi connectivity index (χ2n) is 3.37. The number of hydrogen-bond donors (Lipinski definition) is 3. The lowest BCUT2D eigenvalue weighted by atomic mass is 9.87. The highest BCUT2D eigenvalue weighted by molar-refractivity contribution is 5.92. The van der Waals surface area contributed by atoms with Crippen LogP contribution in [0.1, 0.15) is 23.3 Å². The van der Waals surface area contributed by atoms with Gasteiger partial charge in [-0.05, 0) is 12.8 Å². The Morgan fingerprint density at radius 3 is 3.00 bits per heavy atom. The predicted molar refractivity (Wildman–Crippen MR) is 47.1 cm³/mol. The molecular weight excluding hydrogens is 168 g/mol. The summed E-state index contributed by atoms with van der Waals surface area (Å²) in [7, 11) is 0. The molecule has 13 heavy (non-hydrogen) atoms. The number of aromatic amines is 1. The molecule has 0 bridgehead atoms. The van der Waals surface area contributed by atoms with E-state index >= 15 is 0 Å². The molecule has 1 aromatic rings. The summed E-state index contributed by atoms with van der Waals surface area (Å²) in [5.41, 5.74) is 6.09. The molecule has 1 aromatic heterocycles. The van der Waals surface area contributed by atoms with Crippen LogP contribution in [0.25, 0.3) is 0 Å². The van der Waals surface area contributed by atoms with Gasteiger partial charge in [-0.1, -0.05) is 0 Å². The molecule has 1 saturated carbocycles. The zero-order valence-corrected chi connectivity index (χ0v) is 7.16. The summed E-state index contributed by atoms with van der Waals surface area (Å²) in [5, 5.41) is 2.86. The quantitative estimate of drug-likeness (QED) is 0.580. The second-order valence-corrected chi connectivity index (χ2v) is 3.37. The van der Waals surface area contributed by atoms with Crippen LogP contribution < -0.4 is 11.1 Å². The zero-order chi connectivity index (χ0) is 9.26. The Kier molecular flexibility index (Phi) is 2.02. The lowest BCUT2D eigenvalue weighted by Gasteiger charge is -2.32. The van der Waals surface area contributed by atoms with Gasteiger partial charge >= 0.3 is 0 Å². The van der Waals surface area contributed by atoms with E-state index in [-0.39, 0.29) is 18.0 Å². The van der Waals surface area contributed by atoms with Crippen molar-refractivity contribution in [1.29, 1.82) is 0 Å². The van der Waals surface area contributed by atoms with Crippen LogP contribution in [-0.2, 0) is 0 Å². The van der Waals surface area contributed by atoms with Crippen molar-refractivity contribution < 1.29 is 4.79 Å². The van der Waals surface area contributed by atoms with E-state index in [0.29, 0.717) is 5.69 Å². The highest BCUT2D eigenvalue weighted by Crippen LogP contribution is 2.17. The number of carbonyl (C=O) groups is 1. The molecule has 1 fully saturated rings. The molecule has 5 nitrogen and oxygen atoms in total. The number of nitrogens with one attached hydrogen (secondary N) is 2. The lowest BCUT2D eigenvalue weighted by molar-refractivity contribution is 0.0905. The van der Waals surface area contributed by atoms with Gasteiger partial charge in [0.15, 0.2) is 0 Å². The SMILES string of the molecule is NC1CC(NC(=O)c2cnc[nH]2)C1. The van der Waals surface area contributed by atoms with Crippen LogP contribution >= 0.6 is 0 Å². The molecule has 0 radical (unpaired) electrons. The number of nitrogens with zero attached hydrogens (tertiary/aromatic N) is 1. The third-order valence-electron chi connectivity index (χ3n) is 2.25. The first-order valence-corrected chi connectivity index (χ1v) is 4.30. The maximum absolute atomic E-state index is 11.4. The van der Waals surface area contributed by atoms with Crippen molar-refractivity contribution in [3.63, 3.8) is 0 Å². The topological polar surface area (TPSA) is 83.8 Å². The molecule has 0 aliphatic heterocycles. The van der Waals surface area contributed by atoms with Gasteiger partial charge in [-0.2, -0.15) is 0 Å². The molecular formula is C8H12N4O. The third kappa shape index (κ3) is 1.70. The molecule has 4 N–H and O–H groups in total. The third-order valence-corrected chi connectivity index (χ3v) is 2.25. The van der Waals surface area contributed by atoms with E-state index in [1.807, 2.05) is 0 Å². The Balaban J connectivity index is 1.86. The van der Waals surface area contributed by atoms with Crippen LogP contribution in [0, 0.1) is 0 Å². The van der Waals surface area contributed by atoms with E-state index in [0.717, 1.165) is 12.8 Å². The first kappa shape index (κ1) is 8.25. The Labute approximate surface area is 75.7 Å². The molecule has 1 aliphatic carbocycles. The molecule has 0 atom stereocenters. The van der Waals surface area contributed by atoms with Gasteiger partial charge in [0.1, 0.15) is 5.69 Å². The monoisotopic (exact) mass is 180 g/mol. The van der Waals surface area contributed by atoms with Crippen molar-refractivity contribution >= 4 is 5.91 Å². The fourth-order valence-electron chi connectivity index (χ4n) is 1.42. The van der Waals surface area contributed by atoms with E-state index in [1.54, 1.807) is 0 Å². The Morgan fingerprint density at radius 1 is 1.69 bits per heavy atom. The van der Waals surface area contributed by atoms with Crippen molar-refractivity contribution in [2.75, 3.05) is 0 Å². The van der Waals surface area contributed by atoms with Crippen LogP contribution in [0.3, 0.4) is 0 Å². The summed E-state index contributed by atoms with van der Waals surface area (Å²) in [6.45, 7) is 0. The number of H-pyrrole nitrogens is 1. The first-order chi connectivity index (χ1) is 6.25. The molecule has 5 heteroatoms. The molecule has 0 aromatic carbocycles. The van der Waals surface area contributed by atoms with Crippen molar-refractivity contribution in [1.82, 2.24) is 15.3 Å². The Bertz CT molecular complexity index is 289. The minimum atomic E-state index is -0.102. The minimum absolute atomic E-state index is 0.102. The van der Waals surface area contributed by atoms with Crippen LogP contribution in [0.5, 0.6) is 0 Å². The second kappa shape index (κ2) is 3.18. The molecule has 2 rings (SSSR count). The van der Waals surface area contributed by atoms with Crippen molar-refractivity contribution in [3.05, 3.63) is 18.2 Å². The molecule has 1 heterocycles.